The number of likely N-dealkylation sites (tertiary alicyclic amines) is 1. The fourth-order valence-electron chi connectivity index (χ4n) is 3.00. The van der Waals surface area contributed by atoms with Crippen LogP contribution in [0.25, 0.3) is 0 Å². The first kappa shape index (κ1) is 13.9. The molecule has 5 heteroatoms. The van der Waals surface area contributed by atoms with E-state index in [4.69, 9.17) is 0 Å². The third kappa shape index (κ3) is 3.03. The largest absolute Gasteiger partial charge is 0.373 e. The minimum atomic E-state index is 0.363. The zero-order valence-electron chi connectivity index (χ0n) is 12.6. The summed E-state index contributed by atoms with van der Waals surface area (Å²) in [4.78, 5) is 15.8. The molecule has 5 nitrogen and oxygen atoms in total. The number of nitrogens with one attached hydrogen (secondary N) is 1. The Kier molecular flexibility index (Phi) is 4.10. The van der Waals surface area contributed by atoms with Crippen LogP contribution in [0, 0.1) is 6.92 Å². The zero-order valence-corrected chi connectivity index (χ0v) is 12.6. The molecule has 0 aromatic carbocycles. The molecule has 3 heterocycles. The van der Waals surface area contributed by atoms with Crippen molar-refractivity contribution in [1.29, 1.82) is 0 Å². The van der Waals surface area contributed by atoms with E-state index in [0.29, 0.717) is 6.04 Å². The SMILES string of the molecule is CNc1ncccc1CN1CCC[C@@H]1c1cncc(C)n1. The van der Waals surface area contributed by atoms with Crippen molar-refractivity contribution in [3.8, 4) is 0 Å². The van der Waals surface area contributed by atoms with E-state index in [2.05, 4.69) is 31.2 Å². The van der Waals surface area contributed by atoms with E-state index >= 15 is 0 Å². The van der Waals surface area contributed by atoms with Gasteiger partial charge in [-0.1, -0.05) is 6.07 Å². The molecule has 1 aliphatic heterocycles. The molecule has 1 N–H and O–H groups in total. The van der Waals surface area contributed by atoms with Crippen LogP contribution in [0.1, 0.15) is 35.8 Å². The van der Waals surface area contributed by atoms with Gasteiger partial charge < -0.3 is 5.32 Å². The molecule has 1 saturated heterocycles. The van der Waals surface area contributed by atoms with Crippen LogP contribution in [0.2, 0.25) is 0 Å². The molecule has 21 heavy (non-hydrogen) atoms. The Balaban J connectivity index is 1.81. The summed E-state index contributed by atoms with van der Waals surface area (Å²) in [6.07, 6.45) is 7.88. The molecule has 0 spiro atoms. The molecule has 1 fully saturated rings. The Bertz CT molecular complexity index is 613. The highest BCUT2D eigenvalue weighted by molar-refractivity contribution is 5.42. The summed E-state index contributed by atoms with van der Waals surface area (Å²) in [5, 5.41) is 3.17. The summed E-state index contributed by atoms with van der Waals surface area (Å²) in [7, 11) is 1.92. The van der Waals surface area contributed by atoms with Gasteiger partial charge in [-0.05, 0) is 32.4 Å². The Labute approximate surface area is 125 Å². The minimum Gasteiger partial charge on any atom is -0.373 e. The minimum absolute atomic E-state index is 0.363. The Morgan fingerprint density at radius 1 is 1.38 bits per heavy atom. The van der Waals surface area contributed by atoms with Gasteiger partial charge in [0.25, 0.3) is 0 Å². The maximum absolute atomic E-state index is 4.65. The summed E-state index contributed by atoms with van der Waals surface area (Å²) in [6.45, 7) is 3.98. The van der Waals surface area contributed by atoms with Gasteiger partial charge in [0, 0.05) is 37.7 Å². The quantitative estimate of drug-likeness (QED) is 0.934. The second kappa shape index (κ2) is 6.18. The predicted molar refractivity (Wildman–Crippen MR) is 82.9 cm³/mol. The van der Waals surface area contributed by atoms with Gasteiger partial charge in [-0.3, -0.25) is 14.9 Å². The van der Waals surface area contributed by atoms with Crippen molar-refractivity contribution in [2.24, 2.45) is 0 Å². The van der Waals surface area contributed by atoms with Gasteiger partial charge in [0.05, 0.1) is 17.4 Å². The van der Waals surface area contributed by atoms with Crippen molar-refractivity contribution in [1.82, 2.24) is 19.9 Å². The summed E-state index contributed by atoms with van der Waals surface area (Å²) >= 11 is 0. The van der Waals surface area contributed by atoms with Gasteiger partial charge in [0.1, 0.15) is 5.82 Å². The second-order valence-electron chi connectivity index (χ2n) is 5.47. The Morgan fingerprint density at radius 3 is 3.10 bits per heavy atom. The van der Waals surface area contributed by atoms with Crippen molar-refractivity contribution in [2.75, 3.05) is 18.9 Å². The molecule has 0 radical (unpaired) electrons. The third-order valence-electron chi connectivity index (χ3n) is 3.98. The van der Waals surface area contributed by atoms with Crippen LogP contribution in [0.3, 0.4) is 0 Å². The van der Waals surface area contributed by atoms with Crippen molar-refractivity contribution in [3.05, 3.63) is 47.7 Å². The highest BCUT2D eigenvalue weighted by Crippen LogP contribution is 2.32. The summed E-state index contributed by atoms with van der Waals surface area (Å²) in [5.41, 5.74) is 3.30. The average Bonchev–Trinajstić information content (AvgIpc) is 2.96. The Morgan fingerprint density at radius 2 is 2.29 bits per heavy atom. The van der Waals surface area contributed by atoms with Crippen LogP contribution in [-0.4, -0.2) is 33.4 Å². The van der Waals surface area contributed by atoms with E-state index in [1.807, 2.05) is 38.6 Å². The number of pyridine rings is 1. The van der Waals surface area contributed by atoms with E-state index in [9.17, 15) is 0 Å². The molecule has 0 unspecified atom stereocenters. The van der Waals surface area contributed by atoms with E-state index in [1.165, 1.54) is 12.0 Å². The van der Waals surface area contributed by atoms with Crippen LogP contribution in [0.5, 0.6) is 0 Å². The van der Waals surface area contributed by atoms with E-state index in [1.54, 1.807) is 0 Å². The molecular formula is C16H21N5. The number of hydrogen-bond donors (Lipinski definition) is 1. The molecule has 3 rings (SSSR count). The number of aryl methyl sites for hydroxylation is 1. The molecule has 0 amide bonds. The maximum Gasteiger partial charge on any atom is 0.130 e. The van der Waals surface area contributed by atoms with E-state index in [0.717, 1.165) is 36.7 Å². The zero-order chi connectivity index (χ0) is 14.7. The van der Waals surface area contributed by atoms with Crippen LogP contribution in [0.15, 0.2) is 30.7 Å². The fourth-order valence-corrected chi connectivity index (χ4v) is 3.00. The first-order chi connectivity index (χ1) is 10.3. The van der Waals surface area contributed by atoms with E-state index < -0.39 is 0 Å². The lowest BCUT2D eigenvalue weighted by atomic mass is 10.1. The molecule has 0 saturated carbocycles. The molecule has 0 aliphatic carbocycles. The lowest BCUT2D eigenvalue weighted by molar-refractivity contribution is 0.244. The molecule has 1 atom stereocenters. The molecule has 1 aliphatic rings. The van der Waals surface area contributed by atoms with Crippen LogP contribution in [0.4, 0.5) is 5.82 Å². The molecule has 2 aromatic rings. The molecule has 0 bridgehead atoms. The third-order valence-corrected chi connectivity index (χ3v) is 3.98. The summed E-state index contributed by atoms with van der Waals surface area (Å²) in [6, 6.07) is 4.49. The number of nitrogens with zero attached hydrogens (tertiary/aromatic N) is 4. The molecular weight excluding hydrogens is 262 g/mol. The first-order valence-corrected chi connectivity index (χ1v) is 7.42. The normalized spacial score (nSPS) is 18.9. The van der Waals surface area contributed by atoms with Gasteiger partial charge in [-0.25, -0.2) is 4.98 Å². The first-order valence-electron chi connectivity index (χ1n) is 7.42. The summed E-state index contributed by atoms with van der Waals surface area (Å²) in [5.74, 6) is 0.957. The van der Waals surface area contributed by atoms with E-state index in [-0.39, 0.29) is 0 Å². The van der Waals surface area contributed by atoms with Crippen LogP contribution in [-0.2, 0) is 6.54 Å². The Hall–Kier alpha value is -2.01. The van der Waals surface area contributed by atoms with Crippen molar-refractivity contribution in [2.45, 2.75) is 32.4 Å². The number of hydrogen-bond acceptors (Lipinski definition) is 5. The summed E-state index contributed by atoms with van der Waals surface area (Å²) < 4.78 is 0. The molecule has 2 aromatic heterocycles. The van der Waals surface area contributed by atoms with Crippen LogP contribution >= 0.6 is 0 Å². The number of anilines is 1. The maximum atomic E-state index is 4.65. The monoisotopic (exact) mass is 283 g/mol. The topological polar surface area (TPSA) is 53.9 Å². The number of rotatable bonds is 4. The smallest absolute Gasteiger partial charge is 0.130 e. The van der Waals surface area contributed by atoms with Gasteiger partial charge in [0.2, 0.25) is 0 Å². The lowest BCUT2D eigenvalue weighted by Crippen LogP contribution is -2.24. The van der Waals surface area contributed by atoms with Gasteiger partial charge in [0.15, 0.2) is 0 Å². The second-order valence-corrected chi connectivity index (χ2v) is 5.47. The standard InChI is InChI=1S/C16H21N5/c1-12-9-18-10-14(20-12)15-6-4-8-21(15)11-13-5-3-7-19-16(13)17-2/h3,5,7,9-10,15H,4,6,8,11H2,1-2H3,(H,17,19)/t15-/m1/s1. The lowest BCUT2D eigenvalue weighted by Gasteiger charge is -2.24. The van der Waals surface area contributed by atoms with Gasteiger partial charge in [-0.15, -0.1) is 0 Å². The number of aromatic nitrogens is 3. The average molecular weight is 283 g/mol. The highest BCUT2D eigenvalue weighted by atomic mass is 15.2. The predicted octanol–water partition coefficient (Wildman–Crippen LogP) is 2.56. The molecule has 110 valence electrons. The van der Waals surface area contributed by atoms with Crippen molar-refractivity contribution in [3.63, 3.8) is 0 Å². The van der Waals surface area contributed by atoms with Gasteiger partial charge in [-0.2, -0.15) is 0 Å². The van der Waals surface area contributed by atoms with Gasteiger partial charge >= 0.3 is 0 Å². The highest BCUT2D eigenvalue weighted by Gasteiger charge is 2.27. The van der Waals surface area contributed by atoms with Crippen molar-refractivity contribution >= 4 is 5.82 Å². The van der Waals surface area contributed by atoms with Crippen LogP contribution < -0.4 is 5.32 Å². The van der Waals surface area contributed by atoms with Crippen molar-refractivity contribution < 1.29 is 0 Å². The fraction of sp³-hybridized carbons (Fsp3) is 0.438.